The molecule has 4 rings (SSSR count). The van der Waals surface area contributed by atoms with Crippen molar-refractivity contribution in [1.82, 2.24) is 5.32 Å². The highest BCUT2D eigenvalue weighted by atomic mass is 35.5. The lowest BCUT2D eigenvalue weighted by atomic mass is 9.62. The van der Waals surface area contributed by atoms with E-state index in [0.717, 1.165) is 11.1 Å². The molecule has 182 valence electrons. The van der Waals surface area contributed by atoms with Gasteiger partial charge in [-0.2, -0.15) is 0 Å². The minimum Gasteiger partial charge on any atom is -0.459 e. The molecule has 5 nitrogen and oxygen atoms in total. The smallest absolute Gasteiger partial charge is 0.324 e. The number of amides is 1. The second-order valence-electron chi connectivity index (χ2n) is 11.5. The van der Waals surface area contributed by atoms with Crippen LogP contribution in [0.2, 0.25) is 10.0 Å². The van der Waals surface area contributed by atoms with Gasteiger partial charge in [-0.25, -0.2) is 0 Å². The quantitative estimate of drug-likeness (QED) is 0.498. The van der Waals surface area contributed by atoms with Gasteiger partial charge in [-0.15, -0.1) is 0 Å². The molecule has 7 heteroatoms. The predicted octanol–water partition coefficient (Wildman–Crippen LogP) is 6.09. The molecule has 0 radical (unpaired) electrons. The van der Waals surface area contributed by atoms with E-state index in [1.807, 2.05) is 45.0 Å². The van der Waals surface area contributed by atoms with Gasteiger partial charge in [-0.05, 0) is 68.0 Å². The Kier molecular flexibility index (Phi) is 6.29. The van der Waals surface area contributed by atoms with E-state index >= 15 is 0 Å². The zero-order valence-corrected chi connectivity index (χ0v) is 22.0. The fourth-order valence-electron chi connectivity index (χ4n) is 5.46. The van der Waals surface area contributed by atoms with Gasteiger partial charge >= 0.3 is 5.97 Å². The van der Waals surface area contributed by atoms with Gasteiger partial charge in [0.25, 0.3) is 0 Å². The number of fused-ring (bicyclic) bond motifs is 2. The number of halogens is 2. The Bertz CT molecular complexity index is 1140. The highest BCUT2D eigenvalue weighted by Crippen LogP contribution is 2.57. The van der Waals surface area contributed by atoms with Crippen molar-refractivity contribution in [2.75, 3.05) is 5.32 Å². The van der Waals surface area contributed by atoms with Gasteiger partial charge in [0.15, 0.2) is 0 Å². The summed E-state index contributed by atoms with van der Waals surface area (Å²) in [5.41, 5.74) is 0.498. The van der Waals surface area contributed by atoms with Crippen LogP contribution in [0.3, 0.4) is 0 Å². The highest BCUT2D eigenvalue weighted by Gasteiger charge is 2.66. The molecule has 1 saturated heterocycles. The first-order chi connectivity index (χ1) is 15.7. The fourth-order valence-corrected chi connectivity index (χ4v) is 5.84. The van der Waals surface area contributed by atoms with Crippen molar-refractivity contribution in [1.29, 1.82) is 0 Å². The van der Waals surface area contributed by atoms with Crippen LogP contribution in [-0.2, 0) is 19.7 Å². The van der Waals surface area contributed by atoms with E-state index < -0.39 is 23.0 Å². The Morgan fingerprint density at radius 3 is 2.32 bits per heavy atom. The van der Waals surface area contributed by atoms with Crippen molar-refractivity contribution in [3.05, 3.63) is 63.6 Å². The number of hydrogen-bond acceptors (Lipinski definition) is 4. The van der Waals surface area contributed by atoms with Crippen molar-refractivity contribution in [3.8, 4) is 0 Å². The summed E-state index contributed by atoms with van der Waals surface area (Å²) in [6.45, 7) is 11.9. The monoisotopic (exact) mass is 502 g/mol. The third-order valence-corrected chi connectivity index (χ3v) is 6.96. The number of nitrogens with one attached hydrogen (secondary N) is 2. The number of hydrogen-bond donors (Lipinski definition) is 2. The van der Waals surface area contributed by atoms with Crippen molar-refractivity contribution < 1.29 is 14.3 Å². The summed E-state index contributed by atoms with van der Waals surface area (Å²) in [6.07, 6.45) is 0.666. The van der Waals surface area contributed by atoms with Crippen molar-refractivity contribution >= 4 is 40.8 Å². The first kappa shape index (κ1) is 25.0. The molecular formula is C27H32Cl2N2O3. The minimum absolute atomic E-state index is 0.109. The number of rotatable bonds is 3. The summed E-state index contributed by atoms with van der Waals surface area (Å²) in [5, 5.41) is 7.69. The van der Waals surface area contributed by atoms with Crippen molar-refractivity contribution in [3.63, 3.8) is 0 Å². The highest BCUT2D eigenvalue weighted by molar-refractivity contribution is 6.31. The lowest BCUT2D eigenvalue weighted by molar-refractivity contribution is -0.157. The fraction of sp³-hybridized carbons (Fsp3) is 0.481. The predicted molar refractivity (Wildman–Crippen MR) is 137 cm³/mol. The van der Waals surface area contributed by atoms with E-state index in [1.165, 1.54) is 0 Å². The van der Waals surface area contributed by atoms with E-state index in [4.69, 9.17) is 27.9 Å². The van der Waals surface area contributed by atoms with Gasteiger partial charge in [0.2, 0.25) is 5.91 Å². The molecule has 2 N–H and O–H groups in total. The van der Waals surface area contributed by atoms with Crippen LogP contribution >= 0.6 is 23.2 Å². The molecule has 0 aliphatic carbocycles. The molecule has 34 heavy (non-hydrogen) atoms. The molecule has 2 aromatic rings. The van der Waals surface area contributed by atoms with Crippen LogP contribution in [0.15, 0.2) is 42.5 Å². The number of carbonyl (C=O) groups excluding carboxylic acids is 2. The summed E-state index contributed by atoms with van der Waals surface area (Å²) in [6, 6.07) is 11.8. The lowest BCUT2D eigenvalue weighted by Crippen LogP contribution is -2.49. The standard InChI is InChI=1S/C27H32Cl2N2O3/c1-25(2,3)14-20-27(18-11-10-17(29)13-19(18)30-24(27)33)21(15-8-7-9-16(28)12-15)22(31-20)23(32)34-26(4,5)6/h7-13,20-22,31H,14H2,1-6H3,(H,30,33)/t20-,21-,22+,27+/m0/s1. The molecule has 1 amide bonds. The molecule has 2 aliphatic rings. The van der Waals surface area contributed by atoms with Crippen LogP contribution in [0.5, 0.6) is 0 Å². The van der Waals surface area contributed by atoms with E-state index in [2.05, 4.69) is 31.4 Å². The summed E-state index contributed by atoms with van der Waals surface area (Å²) < 4.78 is 5.84. The maximum absolute atomic E-state index is 14.0. The molecule has 0 bridgehead atoms. The van der Waals surface area contributed by atoms with Crippen LogP contribution in [0, 0.1) is 5.41 Å². The molecular weight excluding hydrogens is 471 g/mol. The first-order valence-corrected chi connectivity index (χ1v) is 12.3. The van der Waals surface area contributed by atoms with E-state index in [0.29, 0.717) is 22.2 Å². The normalized spacial score (nSPS) is 26.5. The van der Waals surface area contributed by atoms with Crippen molar-refractivity contribution in [2.45, 2.75) is 77.0 Å². The molecule has 1 spiro atoms. The number of ether oxygens (including phenoxy) is 1. The third-order valence-electron chi connectivity index (χ3n) is 6.49. The van der Waals surface area contributed by atoms with Crippen LogP contribution in [0.4, 0.5) is 5.69 Å². The van der Waals surface area contributed by atoms with Crippen LogP contribution in [0.25, 0.3) is 0 Å². The molecule has 2 heterocycles. The number of esters is 1. The number of anilines is 1. The van der Waals surface area contributed by atoms with Crippen LogP contribution in [0.1, 0.15) is 65.0 Å². The van der Waals surface area contributed by atoms with Gasteiger partial charge in [0.05, 0.1) is 0 Å². The lowest BCUT2D eigenvalue weighted by Gasteiger charge is -2.37. The zero-order chi connectivity index (χ0) is 25.1. The molecule has 2 aliphatic heterocycles. The van der Waals surface area contributed by atoms with Gasteiger partial charge in [0.1, 0.15) is 17.1 Å². The van der Waals surface area contributed by atoms with Gasteiger partial charge in [0, 0.05) is 27.7 Å². The molecule has 0 aromatic heterocycles. The average molecular weight is 503 g/mol. The largest absolute Gasteiger partial charge is 0.459 e. The van der Waals surface area contributed by atoms with Gasteiger partial charge < -0.3 is 10.1 Å². The average Bonchev–Trinajstić information content (AvgIpc) is 3.15. The van der Waals surface area contributed by atoms with Crippen LogP contribution < -0.4 is 10.6 Å². The third kappa shape index (κ3) is 4.46. The molecule has 1 fully saturated rings. The second kappa shape index (κ2) is 8.54. The molecule has 4 atom stereocenters. The topological polar surface area (TPSA) is 67.4 Å². The Hall–Kier alpha value is -2.08. The van der Waals surface area contributed by atoms with Crippen molar-refractivity contribution in [2.24, 2.45) is 5.41 Å². The summed E-state index contributed by atoms with van der Waals surface area (Å²) in [4.78, 5) is 27.6. The summed E-state index contributed by atoms with van der Waals surface area (Å²) in [5.74, 6) is -1.07. The maximum Gasteiger partial charge on any atom is 0.324 e. The van der Waals surface area contributed by atoms with E-state index in [1.54, 1.807) is 18.2 Å². The molecule has 0 unspecified atom stereocenters. The SMILES string of the molecule is CC(C)(C)C[C@@H]1N[C@@H](C(=O)OC(C)(C)C)[C@H](c2cccc(Cl)c2)[C@]12C(=O)Nc1cc(Cl)ccc12. The summed E-state index contributed by atoms with van der Waals surface area (Å²) in [7, 11) is 0. The maximum atomic E-state index is 14.0. The Labute approximate surface area is 211 Å². The van der Waals surface area contributed by atoms with Crippen LogP contribution in [-0.4, -0.2) is 29.6 Å². The Morgan fingerprint density at radius 2 is 1.71 bits per heavy atom. The number of benzene rings is 2. The molecule has 2 aromatic carbocycles. The van der Waals surface area contributed by atoms with Gasteiger partial charge in [-0.1, -0.05) is 62.2 Å². The van der Waals surface area contributed by atoms with E-state index in [-0.39, 0.29) is 23.3 Å². The first-order valence-electron chi connectivity index (χ1n) is 11.6. The Morgan fingerprint density at radius 1 is 1.03 bits per heavy atom. The Balaban J connectivity index is 1.98. The minimum atomic E-state index is -1.04. The number of carbonyl (C=O) groups is 2. The van der Waals surface area contributed by atoms with Gasteiger partial charge in [-0.3, -0.25) is 14.9 Å². The molecule has 0 saturated carbocycles. The summed E-state index contributed by atoms with van der Waals surface area (Å²) >= 11 is 12.7. The zero-order valence-electron chi connectivity index (χ0n) is 20.5. The van der Waals surface area contributed by atoms with E-state index in [9.17, 15) is 9.59 Å². The second-order valence-corrected chi connectivity index (χ2v) is 12.4.